The summed E-state index contributed by atoms with van der Waals surface area (Å²) in [6.45, 7) is 7.87. The van der Waals surface area contributed by atoms with Crippen molar-refractivity contribution >= 4 is 17.4 Å². The minimum absolute atomic E-state index is 0.0903. The van der Waals surface area contributed by atoms with Crippen LogP contribution in [0.5, 0.6) is 5.75 Å². The molecule has 0 aromatic heterocycles. The average Bonchev–Trinajstić information content (AvgIpc) is 2.69. The van der Waals surface area contributed by atoms with Crippen LogP contribution in [0.15, 0.2) is 48.5 Å². The van der Waals surface area contributed by atoms with Crippen LogP contribution < -0.4 is 14.5 Å². The van der Waals surface area contributed by atoms with E-state index in [1.54, 1.807) is 7.11 Å². The molecule has 1 aliphatic rings. The van der Waals surface area contributed by atoms with Gasteiger partial charge in [-0.05, 0) is 55.8 Å². The van der Waals surface area contributed by atoms with Crippen molar-refractivity contribution in [2.24, 2.45) is 0 Å². The van der Waals surface area contributed by atoms with Crippen molar-refractivity contribution in [3.05, 3.63) is 54.1 Å². The number of methoxy groups -OCH3 is 1. The van der Waals surface area contributed by atoms with Crippen LogP contribution in [0.25, 0.3) is 0 Å². The summed E-state index contributed by atoms with van der Waals surface area (Å²) in [5.41, 5.74) is 3.30. The molecule has 0 bridgehead atoms. The molecule has 0 aliphatic carbocycles. The molecule has 0 spiro atoms. The lowest BCUT2D eigenvalue weighted by Crippen LogP contribution is -2.53. The second-order valence-electron chi connectivity index (χ2n) is 6.54. The molecule has 1 fully saturated rings. The molecule has 2 aromatic carbocycles. The summed E-state index contributed by atoms with van der Waals surface area (Å²) in [4.78, 5) is 19.1. The van der Waals surface area contributed by atoms with E-state index in [0.717, 1.165) is 43.2 Å². The van der Waals surface area contributed by atoms with Gasteiger partial charge in [-0.1, -0.05) is 12.1 Å². The van der Waals surface area contributed by atoms with Crippen LogP contribution in [-0.4, -0.2) is 50.8 Å². The lowest BCUT2D eigenvalue weighted by atomic mass is 10.2. The fourth-order valence-corrected chi connectivity index (χ4v) is 3.34. The Morgan fingerprint density at radius 1 is 1.08 bits per heavy atom. The van der Waals surface area contributed by atoms with Gasteiger partial charge in [0.25, 0.3) is 0 Å². The van der Waals surface area contributed by atoms with Gasteiger partial charge in [0.05, 0.1) is 7.11 Å². The van der Waals surface area contributed by atoms with Gasteiger partial charge in [0.1, 0.15) is 5.75 Å². The van der Waals surface area contributed by atoms with E-state index in [1.807, 2.05) is 41.0 Å². The molecule has 1 saturated heterocycles. The van der Waals surface area contributed by atoms with Gasteiger partial charge in [-0.15, -0.1) is 0 Å². The Hall–Kier alpha value is -2.69. The molecule has 0 atom stereocenters. The number of piperazine rings is 1. The van der Waals surface area contributed by atoms with E-state index in [2.05, 4.69) is 36.1 Å². The monoisotopic (exact) mass is 353 g/mol. The van der Waals surface area contributed by atoms with E-state index in [1.165, 1.54) is 5.69 Å². The molecule has 2 amide bonds. The number of amides is 2. The van der Waals surface area contributed by atoms with Crippen molar-refractivity contribution in [3.8, 4) is 5.75 Å². The number of benzene rings is 2. The second-order valence-corrected chi connectivity index (χ2v) is 6.54. The minimum atomic E-state index is 0.0903. The number of anilines is 2. The van der Waals surface area contributed by atoms with E-state index in [-0.39, 0.29) is 6.03 Å². The third kappa shape index (κ3) is 3.93. The number of rotatable bonds is 4. The highest BCUT2D eigenvalue weighted by molar-refractivity contribution is 5.92. The standard InChI is InChI=1S/C21H27N3O2/c1-4-24(19-7-5-6-17(2)16-19)21(25)23-14-12-22(13-15-23)18-8-10-20(26-3)11-9-18/h5-11,16H,4,12-15H2,1-3H3. The Morgan fingerprint density at radius 3 is 2.35 bits per heavy atom. The van der Waals surface area contributed by atoms with Crippen molar-refractivity contribution in [1.29, 1.82) is 0 Å². The van der Waals surface area contributed by atoms with E-state index in [4.69, 9.17) is 4.74 Å². The van der Waals surface area contributed by atoms with Crippen LogP contribution in [-0.2, 0) is 0 Å². The molecule has 3 rings (SSSR count). The molecule has 0 N–H and O–H groups in total. The summed E-state index contributed by atoms with van der Waals surface area (Å²) < 4.78 is 5.22. The first-order valence-electron chi connectivity index (χ1n) is 9.14. The molecule has 0 unspecified atom stereocenters. The van der Waals surface area contributed by atoms with Gasteiger partial charge < -0.3 is 14.5 Å². The Balaban J connectivity index is 1.63. The van der Waals surface area contributed by atoms with E-state index in [0.29, 0.717) is 6.54 Å². The number of aryl methyl sites for hydroxylation is 1. The third-order valence-corrected chi connectivity index (χ3v) is 4.85. The first-order valence-corrected chi connectivity index (χ1v) is 9.14. The quantitative estimate of drug-likeness (QED) is 0.839. The zero-order valence-corrected chi connectivity index (χ0v) is 15.8. The summed E-state index contributed by atoms with van der Waals surface area (Å²) in [5.74, 6) is 0.860. The largest absolute Gasteiger partial charge is 0.497 e. The number of hydrogen-bond acceptors (Lipinski definition) is 3. The normalized spacial score (nSPS) is 14.3. The number of ether oxygens (including phenoxy) is 1. The lowest BCUT2D eigenvalue weighted by Gasteiger charge is -2.38. The van der Waals surface area contributed by atoms with Crippen LogP contribution in [0.3, 0.4) is 0 Å². The fraction of sp³-hybridized carbons (Fsp3) is 0.381. The van der Waals surface area contributed by atoms with Gasteiger partial charge >= 0.3 is 6.03 Å². The van der Waals surface area contributed by atoms with Gasteiger partial charge in [0, 0.05) is 44.1 Å². The van der Waals surface area contributed by atoms with Crippen LogP contribution >= 0.6 is 0 Å². The molecular weight excluding hydrogens is 326 g/mol. The summed E-state index contributed by atoms with van der Waals surface area (Å²) in [5, 5.41) is 0. The topological polar surface area (TPSA) is 36.0 Å². The highest BCUT2D eigenvalue weighted by Crippen LogP contribution is 2.22. The molecule has 0 radical (unpaired) electrons. The predicted octanol–water partition coefficient (Wildman–Crippen LogP) is 3.77. The predicted molar refractivity (Wildman–Crippen MR) is 106 cm³/mol. The molecule has 1 heterocycles. The zero-order valence-electron chi connectivity index (χ0n) is 15.8. The van der Waals surface area contributed by atoms with Crippen LogP contribution in [0.2, 0.25) is 0 Å². The van der Waals surface area contributed by atoms with Crippen LogP contribution in [0.1, 0.15) is 12.5 Å². The van der Waals surface area contributed by atoms with Crippen molar-refractivity contribution in [2.75, 3.05) is 49.6 Å². The SMILES string of the molecule is CCN(C(=O)N1CCN(c2ccc(OC)cc2)CC1)c1cccc(C)c1. The summed E-state index contributed by atoms with van der Waals surface area (Å²) in [6.07, 6.45) is 0. The zero-order chi connectivity index (χ0) is 18.5. The maximum Gasteiger partial charge on any atom is 0.324 e. The van der Waals surface area contributed by atoms with Gasteiger partial charge in [0.15, 0.2) is 0 Å². The minimum Gasteiger partial charge on any atom is -0.497 e. The highest BCUT2D eigenvalue weighted by atomic mass is 16.5. The lowest BCUT2D eigenvalue weighted by molar-refractivity contribution is 0.201. The van der Waals surface area contributed by atoms with E-state index in [9.17, 15) is 4.79 Å². The number of carbonyl (C=O) groups is 1. The molecule has 26 heavy (non-hydrogen) atoms. The van der Waals surface area contributed by atoms with Gasteiger partial charge in [-0.25, -0.2) is 4.79 Å². The molecule has 2 aromatic rings. The fourth-order valence-electron chi connectivity index (χ4n) is 3.34. The highest BCUT2D eigenvalue weighted by Gasteiger charge is 2.25. The molecule has 0 saturated carbocycles. The van der Waals surface area contributed by atoms with Crippen molar-refractivity contribution in [1.82, 2.24) is 4.90 Å². The smallest absolute Gasteiger partial charge is 0.324 e. The molecule has 5 nitrogen and oxygen atoms in total. The Kier molecular flexibility index (Phi) is 5.66. The Bertz CT molecular complexity index is 737. The van der Waals surface area contributed by atoms with Crippen LogP contribution in [0.4, 0.5) is 16.2 Å². The van der Waals surface area contributed by atoms with Gasteiger partial charge in [0.2, 0.25) is 0 Å². The molecule has 5 heteroatoms. The molecule has 1 aliphatic heterocycles. The summed E-state index contributed by atoms with van der Waals surface area (Å²) >= 11 is 0. The van der Waals surface area contributed by atoms with Crippen molar-refractivity contribution in [2.45, 2.75) is 13.8 Å². The van der Waals surface area contributed by atoms with Crippen molar-refractivity contribution in [3.63, 3.8) is 0 Å². The number of nitrogens with zero attached hydrogens (tertiary/aromatic N) is 3. The van der Waals surface area contributed by atoms with E-state index >= 15 is 0 Å². The number of hydrogen-bond donors (Lipinski definition) is 0. The Labute approximate surface area is 155 Å². The summed E-state index contributed by atoms with van der Waals surface area (Å²) in [7, 11) is 1.67. The average molecular weight is 353 g/mol. The Morgan fingerprint density at radius 2 is 1.77 bits per heavy atom. The molecule has 138 valence electrons. The maximum atomic E-state index is 13.0. The van der Waals surface area contributed by atoms with Crippen LogP contribution in [0, 0.1) is 6.92 Å². The van der Waals surface area contributed by atoms with Gasteiger partial charge in [-0.3, -0.25) is 4.90 Å². The second kappa shape index (κ2) is 8.13. The first-order chi connectivity index (χ1) is 12.6. The third-order valence-electron chi connectivity index (χ3n) is 4.85. The van der Waals surface area contributed by atoms with Gasteiger partial charge in [-0.2, -0.15) is 0 Å². The maximum absolute atomic E-state index is 13.0. The van der Waals surface area contributed by atoms with Crippen molar-refractivity contribution < 1.29 is 9.53 Å². The number of urea groups is 1. The first kappa shape index (κ1) is 18.1. The molecular formula is C21H27N3O2. The summed E-state index contributed by atoms with van der Waals surface area (Å²) in [6, 6.07) is 16.3. The van der Waals surface area contributed by atoms with E-state index < -0.39 is 0 Å². The number of carbonyl (C=O) groups excluding carboxylic acids is 1.